The van der Waals surface area contributed by atoms with Gasteiger partial charge in [0.15, 0.2) is 0 Å². The zero-order valence-electron chi connectivity index (χ0n) is 14.0. The number of nitrogen functional groups attached to an aromatic ring is 1. The summed E-state index contributed by atoms with van der Waals surface area (Å²) in [5.74, 6) is 0.809. The Hall–Kier alpha value is -4.03. The number of para-hydroxylation sites is 2. The molecule has 3 rings (SSSR count). The van der Waals surface area contributed by atoms with Gasteiger partial charge in [-0.05, 0) is 24.3 Å². The number of ether oxygens (including phenoxy) is 1. The van der Waals surface area contributed by atoms with Crippen LogP contribution in [0.1, 0.15) is 16.8 Å². The number of aromatic nitrogens is 2. The maximum Gasteiger partial charge on any atom is 0.145 e. The zero-order chi connectivity index (χ0) is 18.5. The molecule has 3 aromatic rings. The molecular formula is C20H15N5O. The largest absolute Gasteiger partial charge is 0.496 e. The van der Waals surface area contributed by atoms with E-state index in [1.54, 1.807) is 19.3 Å². The van der Waals surface area contributed by atoms with Gasteiger partial charge < -0.3 is 10.5 Å². The molecule has 1 heterocycles. The molecule has 0 aliphatic carbocycles. The minimum atomic E-state index is 0.163. The number of benzene rings is 2. The highest BCUT2D eigenvalue weighted by Gasteiger charge is 2.20. The molecule has 6 nitrogen and oxygen atoms in total. The molecule has 1 aromatic heterocycles. The highest BCUT2D eigenvalue weighted by atomic mass is 16.5. The van der Waals surface area contributed by atoms with Gasteiger partial charge in [-0.25, -0.2) is 4.68 Å². The Morgan fingerprint density at radius 1 is 1.12 bits per heavy atom. The van der Waals surface area contributed by atoms with Gasteiger partial charge in [-0.15, -0.1) is 0 Å². The quantitative estimate of drug-likeness (QED) is 0.733. The number of nitriles is 2. The molecule has 0 spiro atoms. The van der Waals surface area contributed by atoms with Crippen LogP contribution in [0.5, 0.6) is 5.75 Å². The first kappa shape index (κ1) is 16.8. The van der Waals surface area contributed by atoms with Crippen molar-refractivity contribution in [1.29, 1.82) is 10.5 Å². The van der Waals surface area contributed by atoms with Crippen LogP contribution in [0.15, 0.2) is 54.6 Å². The fraction of sp³-hybridized carbons (Fsp3) is 0.0500. The first-order valence-corrected chi connectivity index (χ1v) is 7.78. The van der Waals surface area contributed by atoms with E-state index < -0.39 is 0 Å². The van der Waals surface area contributed by atoms with E-state index in [0.717, 1.165) is 0 Å². The van der Waals surface area contributed by atoms with Gasteiger partial charge in [-0.3, -0.25) is 0 Å². The molecule has 2 N–H and O–H groups in total. The predicted molar refractivity (Wildman–Crippen MR) is 99.2 cm³/mol. The van der Waals surface area contributed by atoms with E-state index in [-0.39, 0.29) is 22.6 Å². The average Bonchev–Trinajstić information content (AvgIpc) is 3.03. The third kappa shape index (κ3) is 3.00. The molecule has 0 amide bonds. The second kappa shape index (κ2) is 7.25. The second-order valence-corrected chi connectivity index (χ2v) is 5.38. The second-order valence-electron chi connectivity index (χ2n) is 5.38. The van der Waals surface area contributed by atoms with Crippen LogP contribution < -0.4 is 10.5 Å². The number of methoxy groups -OCH3 is 1. The number of hydrogen-bond acceptors (Lipinski definition) is 5. The lowest BCUT2D eigenvalue weighted by Gasteiger charge is -2.04. The molecule has 2 aromatic carbocycles. The molecule has 126 valence electrons. The van der Waals surface area contributed by atoms with Crippen molar-refractivity contribution in [3.8, 4) is 23.6 Å². The molecule has 26 heavy (non-hydrogen) atoms. The molecule has 0 bridgehead atoms. The number of rotatable bonds is 4. The summed E-state index contributed by atoms with van der Waals surface area (Å²) in [7, 11) is 1.56. The van der Waals surface area contributed by atoms with Gasteiger partial charge in [0.1, 0.15) is 35.0 Å². The van der Waals surface area contributed by atoms with Crippen molar-refractivity contribution < 1.29 is 4.74 Å². The van der Waals surface area contributed by atoms with Crippen molar-refractivity contribution in [3.05, 3.63) is 71.4 Å². The number of nitrogens with zero attached hydrogens (tertiary/aromatic N) is 4. The van der Waals surface area contributed by atoms with Gasteiger partial charge in [0.25, 0.3) is 0 Å². The van der Waals surface area contributed by atoms with Crippen LogP contribution in [0.4, 0.5) is 5.82 Å². The zero-order valence-corrected chi connectivity index (χ0v) is 14.0. The number of nitrogens with two attached hydrogens (primary N) is 1. The Morgan fingerprint density at radius 3 is 2.46 bits per heavy atom. The first-order valence-electron chi connectivity index (χ1n) is 7.78. The van der Waals surface area contributed by atoms with E-state index in [0.29, 0.717) is 17.0 Å². The maximum absolute atomic E-state index is 9.64. The van der Waals surface area contributed by atoms with Crippen LogP contribution in [0.2, 0.25) is 0 Å². The lowest BCUT2D eigenvalue weighted by Crippen LogP contribution is -2.02. The average molecular weight is 341 g/mol. The summed E-state index contributed by atoms with van der Waals surface area (Å²) in [6.07, 6.45) is 1.64. The van der Waals surface area contributed by atoms with Crippen molar-refractivity contribution in [3.63, 3.8) is 0 Å². The van der Waals surface area contributed by atoms with Gasteiger partial charge in [0, 0.05) is 5.56 Å². The van der Waals surface area contributed by atoms with E-state index in [2.05, 4.69) is 17.2 Å². The lowest BCUT2D eigenvalue weighted by atomic mass is 10.1. The Balaban J connectivity index is 2.18. The summed E-state index contributed by atoms with van der Waals surface area (Å²) in [6.45, 7) is 0. The van der Waals surface area contributed by atoms with Crippen LogP contribution in [-0.2, 0) is 0 Å². The standard InChI is InChI=1S/C20H15N5O/c1-26-18-10-6-5-7-14(18)11-15(12-21)19-17(13-22)20(23)25(24-19)16-8-3-2-4-9-16/h2-11H,23H2,1H3/b15-11+. The molecule has 6 heteroatoms. The summed E-state index contributed by atoms with van der Waals surface area (Å²) < 4.78 is 6.77. The third-order valence-corrected chi connectivity index (χ3v) is 3.85. The van der Waals surface area contributed by atoms with E-state index in [4.69, 9.17) is 10.5 Å². The van der Waals surface area contributed by atoms with Gasteiger partial charge in [-0.1, -0.05) is 36.4 Å². The van der Waals surface area contributed by atoms with Crippen molar-refractivity contribution in [2.45, 2.75) is 0 Å². The van der Waals surface area contributed by atoms with E-state index in [9.17, 15) is 10.5 Å². The highest BCUT2D eigenvalue weighted by molar-refractivity contribution is 5.92. The number of anilines is 1. The first-order chi connectivity index (χ1) is 12.7. The van der Waals surface area contributed by atoms with Crippen molar-refractivity contribution >= 4 is 17.5 Å². The predicted octanol–water partition coefficient (Wildman–Crippen LogP) is 3.40. The van der Waals surface area contributed by atoms with Crippen molar-refractivity contribution in [2.75, 3.05) is 12.8 Å². The Labute approximate surface area is 151 Å². The van der Waals surface area contributed by atoms with Crippen LogP contribution in [0, 0.1) is 22.7 Å². The SMILES string of the molecule is COc1ccccc1/C=C(\C#N)c1nn(-c2ccccc2)c(N)c1C#N. The van der Waals surface area contributed by atoms with Crippen molar-refractivity contribution in [1.82, 2.24) is 9.78 Å². The van der Waals surface area contributed by atoms with Crippen LogP contribution >= 0.6 is 0 Å². The lowest BCUT2D eigenvalue weighted by molar-refractivity contribution is 0.414. The molecule has 0 radical (unpaired) electrons. The molecule has 0 aliphatic heterocycles. The molecular weight excluding hydrogens is 326 g/mol. The van der Waals surface area contributed by atoms with Gasteiger partial charge in [-0.2, -0.15) is 15.6 Å². The van der Waals surface area contributed by atoms with E-state index in [1.165, 1.54) is 4.68 Å². The molecule has 0 saturated carbocycles. The molecule has 0 saturated heterocycles. The normalized spacial score (nSPS) is 10.8. The Bertz CT molecular complexity index is 1050. The van der Waals surface area contributed by atoms with Crippen LogP contribution in [0.25, 0.3) is 17.3 Å². The smallest absolute Gasteiger partial charge is 0.145 e. The summed E-state index contributed by atoms with van der Waals surface area (Å²) in [4.78, 5) is 0. The molecule has 0 unspecified atom stereocenters. The minimum absolute atomic E-state index is 0.163. The fourth-order valence-corrected chi connectivity index (χ4v) is 2.59. The van der Waals surface area contributed by atoms with E-state index >= 15 is 0 Å². The fourth-order valence-electron chi connectivity index (χ4n) is 2.59. The third-order valence-electron chi connectivity index (χ3n) is 3.85. The van der Waals surface area contributed by atoms with Gasteiger partial charge in [0.05, 0.1) is 18.4 Å². The summed E-state index contributed by atoms with van der Waals surface area (Å²) >= 11 is 0. The molecule has 0 fully saturated rings. The van der Waals surface area contributed by atoms with Gasteiger partial charge >= 0.3 is 0 Å². The number of allylic oxidation sites excluding steroid dienone is 1. The minimum Gasteiger partial charge on any atom is -0.496 e. The highest BCUT2D eigenvalue weighted by Crippen LogP contribution is 2.29. The molecule has 0 aliphatic rings. The number of hydrogen-bond donors (Lipinski definition) is 1. The summed E-state index contributed by atoms with van der Waals surface area (Å²) in [6, 6.07) is 20.7. The van der Waals surface area contributed by atoms with Crippen LogP contribution in [0.3, 0.4) is 0 Å². The maximum atomic E-state index is 9.64. The topological polar surface area (TPSA) is 101 Å². The monoisotopic (exact) mass is 341 g/mol. The Morgan fingerprint density at radius 2 is 1.81 bits per heavy atom. The van der Waals surface area contributed by atoms with Gasteiger partial charge in [0.2, 0.25) is 0 Å². The Kier molecular flexibility index (Phi) is 4.69. The van der Waals surface area contributed by atoms with Crippen LogP contribution in [-0.4, -0.2) is 16.9 Å². The molecule has 0 atom stereocenters. The summed E-state index contributed by atoms with van der Waals surface area (Å²) in [5.41, 5.74) is 8.16. The van der Waals surface area contributed by atoms with E-state index in [1.807, 2.05) is 48.5 Å². The van der Waals surface area contributed by atoms with Crippen molar-refractivity contribution in [2.24, 2.45) is 0 Å². The summed E-state index contributed by atoms with van der Waals surface area (Å²) in [5, 5.41) is 23.6.